The Morgan fingerprint density at radius 2 is 2.44 bits per heavy atom. The molecule has 86 valence electrons. The van der Waals surface area contributed by atoms with Crippen molar-refractivity contribution >= 4 is 27.7 Å². The van der Waals surface area contributed by atoms with Crippen LogP contribution in [0.3, 0.4) is 0 Å². The molecule has 0 radical (unpaired) electrons. The minimum atomic E-state index is -0.0132. The summed E-state index contributed by atoms with van der Waals surface area (Å²) < 4.78 is 0.727. The fourth-order valence-corrected chi connectivity index (χ4v) is 2.27. The molecular weight excluding hydrogens is 270 g/mol. The maximum atomic E-state index is 11.9. The van der Waals surface area contributed by atoms with E-state index in [-0.39, 0.29) is 11.9 Å². The van der Waals surface area contributed by atoms with Crippen LogP contribution in [0.25, 0.3) is 0 Å². The molecule has 2 heterocycles. The molecule has 0 spiro atoms. The molecular formula is C11H14BrN3O. The molecule has 4 nitrogen and oxygen atoms in total. The Labute approximate surface area is 103 Å². The van der Waals surface area contributed by atoms with E-state index in [1.54, 1.807) is 6.07 Å². The highest BCUT2D eigenvalue weighted by molar-refractivity contribution is 9.10. The van der Waals surface area contributed by atoms with Crippen LogP contribution >= 0.6 is 15.9 Å². The zero-order valence-electron chi connectivity index (χ0n) is 9.11. The molecule has 5 heteroatoms. The Morgan fingerprint density at radius 1 is 1.62 bits per heavy atom. The predicted octanol–water partition coefficient (Wildman–Crippen LogP) is 1.88. The molecule has 0 bridgehead atoms. The van der Waals surface area contributed by atoms with Crippen LogP contribution in [0.1, 0.15) is 12.8 Å². The van der Waals surface area contributed by atoms with E-state index in [0.717, 1.165) is 24.0 Å². The summed E-state index contributed by atoms with van der Waals surface area (Å²) in [6, 6.07) is 5.46. The number of nitrogens with zero attached hydrogens (tertiary/aromatic N) is 2. The number of pyridine rings is 1. The zero-order valence-corrected chi connectivity index (χ0v) is 10.7. The summed E-state index contributed by atoms with van der Waals surface area (Å²) in [6.07, 6.45) is 2.01. The fourth-order valence-electron chi connectivity index (χ4n) is 1.93. The van der Waals surface area contributed by atoms with Gasteiger partial charge in [-0.05, 0) is 54.5 Å². The number of anilines is 1. The molecule has 1 aromatic rings. The molecule has 1 amide bonds. The van der Waals surface area contributed by atoms with Crippen molar-refractivity contribution in [2.75, 3.05) is 18.9 Å². The fraction of sp³-hybridized carbons (Fsp3) is 0.455. The first-order chi connectivity index (χ1) is 7.66. The van der Waals surface area contributed by atoms with Gasteiger partial charge in [0.05, 0.1) is 6.04 Å². The van der Waals surface area contributed by atoms with Gasteiger partial charge in [0.2, 0.25) is 5.91 Å². The number of halogens is 1. The smallest absolute Gasteiger partial charge is 0.242 e. The van der Waals surface area contributed by atoms with Gasteiger partial charge in [0.1, 0.15) is 10.4 Å². The lowest BCUT2D eigenvalue weighted by molar-refractivity contribution is -0.119. The Bertz CT molecular complexity index is 397. The first-order valence-electron chi connectivity index (χ1n) is 5.30. The van der Waals surface area contributed by atoms with Gasteiger partial charge < -0.3 is 5.32 Å². The predicted molar refractivity (Wildman–Crippen MR) is 66.2 cm³/mol. The van der Waals surface area contributed by atoms with E-state index in [0.29, 0.717) is 5.82 Å². The maximum Gasteiger partial charge on any atom is 0.242 e. The van der Waals surface area contributed by atoms with Crippen molar-refractivity contribution in [3.8, 4) is 0 Å². The van der Waals surface area contributed by atoms with E-state index in [1.807, 2.05) is 19.2 Å². The van der Waals surface area contributed by atoms with Crippen molar-refractivity contribution in [2.45, 2.75) is 18.9 Å². The Kier molecular flexibility index (Phi) is 3.56. The lowest BCUT2D eigenvalue weighted by Gasteiger charge is -2.18. The Hall–Kier alpha value is -0.940. The normalized spacial score (nSPS) is 21.0. The summed E-state index contributed by atoms with van der Waals surface area (Å²) in [5.41, 5.74) is 0. The third-order valence-corrected chi connectivity index (χ3v) is 3.23. The summed E-state index contributed by atoms with van der Waals surface area (Å²) in [5, 5.41) is 2.83. The molecule has 2 rings (SSSR count). The van der Waals surface area contributed by atoms with Crippen LogP contribution in [0.2, 0.25) is 0 Å². The summed E-state index contributed by atoms with van der Waals surface area (Å²) in [6.45, 7) is 0.990. The van der Waals surface area contributed by atoms with Gasteiger partial charge in [-0.2, -0.15) is 0 Å². The Morgan fingerprint density at radius 3 is 3.06 bits per heavy atom. The van der Waals surface area contributed by atoms with Gasteiger partial charge in [-0.25, -0.2) is 4.98 Å². The van der Waals surface area contributed by atoms with Crippen molar-refractivity contribution in [3.63, 3.8) is 0 Å². The standard InChI is InChI=1S/C11H14BrN3O/c1-15-7-3-4-8(15)11(16)14-10-6-2-5-9(12)13-10/h2,5-6,8H,3-4,7H2,1H3,(H,13,14,16). The summed E-state index contributed by atoms with van der Waals surface area (Å²) in [5.74, 6) is 0.630. The highest BCUT2D eigenvalue weighted by atomic mass is 79.9. The van der Waals surface area contributed by atoms with Crippen LogP contribution in [-0.2, 0) is 4.79 Å². The van der Waals surface area contributed by atoms with Gasteiger partial charge in [0, 0.05) is 0 Å². The highest BCUT2D eigenvalue weighted by Crippen LogP contribution is 2.17. The maximum absolute atomic E-state index is 11.9. The van der Waals surface area contributed by atoms with Crippen molar-refractivity contribution in [2.24, 2.45) is 0 Å². The lowest BCUT2D eigenvalue weighted by Crippen LogP contribution is -2.37. The number of aromatic nitrogens is 1. The quantitative estimate of drug-likeness (QED) is 0.843. The van der Waals surface area contributed by atoms with E-state index in [1.165, 1.54) is 0 Å². The van der Waals surface area contributed by atoms with Crippen molar-refractivity contribution in [1.29, 1.82) is 0 Å². The number of hydrogen-bond donors (Lipinski definition) is 1. The van der Waals surface area contributed by atoms with Crippen LogP contribution in [0.4, 0.5) is 5.82 Å². The van der Waals surface area contributed by atoms with Crippen LogP contribution in [0.5, 0.6) is 0 Å². The van der Waals surface area contributed by atoms with E-state index >= 15 is 0 Å². The van der Waals surface area contributed by atoms with Crippen LogP contribution in [0.15, 0.2) is 22.8 Å². The third kappa shape index (κ3) is 2.59. The molecule has 1 fully saturated rings. The highest BCUT2D eigenvalue weighted by Gasteiger charge is 2.27. The van der Waals surface area contributed by atoms with Gasteiger partial charge in [0.25, 0.3) is 0 Å². The molecule has 16 heavy (non-hydrogen) atoms. The second-order valence-electron chi connectivity index (χ2n) is 3.97. The summed E-state index contributed by atoms with van der Waals surface area (Å²) in [4.78, 5) is 18.2. The number of nitrogens with one attached hydrogen (secondary N) is 1. The van der Waals surface area contributed by atoms with Crippen molar-refractivity contribution in [1.82, 2.24) is 9.88 Å². The Balaban J connectivity index is 2.02. The molecule has 1 atom stereocenters. The third-order valence-electron chi connectivity index (χ3n) is 2.79. The number of likely N-dealkylation sites (N-methyl/N-ethyl adjacent to an activating group) is 1. The van der Waals surface area contributed by atoms with Crippen LogP contribution < -0.4 is 5.32 Å². The second kappa shape index (κ2) is 4.93. The molecule has 1 aliphatic rings. The zero-order chi connectivity index (χ0) is 11.5. The average molecular weight is 284 g/mol. The molecule has 1 saturated heterocycles. The number of likely N-dealkylation sites (tertiary alicyclic amines) is 1. The first-order valence-corrected chi connectivity index (χ1v) is 6.10. The number of hydrogen-bond acceptors (Lipinski definition) is 3. The molecule has 0 aliphatic carbocycles. The van der Waals surface area contributed by atoms with Gasteiger partial charge in [-0.15, -0.1) is 0 Å². The molecule has 1 aromatic heterocycles. The minimum absolute atomic E-state index is 0.0132. The number of carbonyl (C=O) groups excluding carboxylic acids is 1. The molecule has 1 N–H and O–H groups in total. The summed E-state index contributed by atoms with van der Waals surface area (Å²) >= 11 is 3.27. The van der Waals surface area contributed by atoms with Crippen LogP contribution in [-0.4, -0.2) is 35.4 Å². The van der Waals surface area contributed by atoms with E-state index < -0.39 is 0 Å². The number of rotatable bonds is 2. The average Bonchev–Trinajstić information content (AvgIpc) is 2.64. The molecule has 0 saturated carbocycles. The molecule has 0 aromatic carbocycles. The van der Waals surface area contributed by atoms with Crippen molar-refractivity contribution in [3.05, 3.63) is 22.8 Å². The van der Waals surface area contributed by atoms with Gasteiger partial charge >= 0.3 is 0 Å². The SMILES string of the molecule is CN1CCCC1C(=O)Nc1cccc(Br)n1. The van der Waals surface area contributed by atoms with Gasteiger partial charge in [-0.3, -0.25) is 9.69 Å². The lowest BCUT2D eigenvalue weighted by atomic mass is 10.2. The van der Waals surface area contributed by atoms with Gasteiger partial charge in [-0.1, -0.05) is 6.07 Å². The minimum Gasteiger partial charge on any atom is -0.309 e. The molecule has 1 aliphatic heterocycles. The van der Waals surface area contributed by atoms with Gasteiger partial charge in [0.15, 0.2) is 0 Å². The largest absolute Gasteiger partial charge is 0.309 e. The first kappa shape index (κ1) is 11.5. The van der Waals surface area contributed by atoms with E-state index in [4.69, 9.17) is 0 Å². The second-order valence-corrected chi connectivity index (χ2v) is 4.79. The van der Waals surface area contributed by atoms with E-state index in [2.05, 4.69) is 31.1 Å². The monoisotopic (exact) mass is 283 g/mol. The molecule has 1 unspecified atom stereocenters. The van der Waals surface area contributed by atoms with Crippen LogP contribution in [0, 0.1) is 0 Å². The number of carbonyl (C=O) groups is 1. The topological polar surface area (TPSA) is 45.2 Å². The summed E-state index contributed by atoms with van der Waals surface area (Å²) in [7, 11) is 1.98. The van der Waals surface area contributed by atoms with Crippen molar-refractivity contribution < 1.29 is 4.79 Å². The number of amides is 1. The van der Waals surface area contributed by atoms with E-state index in [9.17, 15) is 4.79 Å².